The second-order valence-electron chi connectivity index (χ2n) is 3.93. The molecule has 0 aliphatic carbocycles. The number of hydrazine groups is 1. The van der Waals surface area contributed by atoms with Crippen LogP contribution in [0.2, 0.25) is 0 Å². The first-order valence-electron chi connectivity index (χ1n) is 5.55. The van der Waals surface area contributed by atoms with Gasteiger partial charge in [0.05, 0.1) is 6.04 Å². The van der Waals surface area contributed by atoms with Gasteiger partial charge < -0.3 is 0 Å². The van der Waals surface area contributed by atoms with Crippen LogP contribution in [0.5, 0.6) is 0 Å². The third-order valence-electron chi connectivity index (χ3n) is 2.79. The van der Waals surface area contributed by atoms with E-state index in [0.29, 0.717) is 0 Å². The molecule has 0 saturated carbocycles. The lowest BCUT2D eigenvalue weighted by molar-refractivity contribution is 0.551. The van der Waals surface area contributed by atoms with Gasteiger partial charge >= 0.3 is 0 Å². The molecular formula is C14H15BrN2. The molecule has 1 atom stereocenters. The van der Waals surface area contributed by atoms with Crippen LogP contribution in [0.4, 0.5) is 0 Å². The maximum Gasteiger partial charge on any atom is 0.0500 e. The Morgan fingerprint density at radius 3 is 2.29 bits per heavy atom. The molecule has 3 N–H and O–H groups in total. The van der Waals surface area contributed by atoms with Crippen LogP contribution in [0, 0.1) is 0 Å². The fraction of sp³-hybridized carbons (Fsp3) is 0.143. The smallest absolute Gasteiger partial charge is 0.0500 e. The van der Waals surface area contributed by atoms with Crippen LogP contribution in [-0.2, 0) is 6.42 Å². The summed E-state index contributed by atoms with van der Waals surface area (Å²) in [5.74, 6) is 5.64. The van der Waals surface area contributed by atoms with E-state index < -0.39 is 0 Å². The number of nitrogens with two attached hydrogens (primary N) is 1. The minimum Gasteiger partial charge on any atom is -0.271 e. The summed E-state index contributed by atoms with van der Waals surface area (Å²) in [6.45, 7) is 0. The molecule has 0 spiro atoms. The highest BCUT2D eigenvalue weighted by Gasteiger charge is 2.11. The van der Waals surface area contributed by atoms with Crippen molar-refractivity contribution in [2.24, 2.45) is 5.84 Å². The summed E-state index contributed by atoms with van der Waals surface area (Å²) in [6.07, 6.45) is 0.863. The Balaban J connectivity index is 2.19. The molecule has 2 aromatic carbocycles. The van der Waals surface area contributed by atoms with E-state index in [4.69, 9.17) is 5.84 Å². The molecule has 0 aliphatic rings. The number of hydrogen-bond donors (Lipinski definition) is 2. The second kappa shape index (κ2) is 5.96. The fourth-order valence-electron chi connectivity index (χ4n) is 1.84. The number of rotatable bonds is 4. The Morgan fingerprint density at radius 2 is 1.65 bits per heavy atom. The molecule has 0 heterocycles. The highest BCUT2D eigenvalue weighted by atomic mass is 79.9. The molecule has 0 aromatic heterocycles. The zero-order valence-electron chi connectivity index (χ0n) is 9.44. The molecule has 0 saturated heterocycles. The molecule has 0 radical (unpaired) electrons. The second-order valence-corrected chi connectivity index (χ2v) is 4.78. The van der Waals surface area contributed by atoms with E-state index in [9.17, 15) is 0 Å². The van der Waals surface area contributed by atoms with Crippen molar-refractivity contribution in [3.05, 3.63) is 70.2 Å². The first-order valence-corrected chi connectivity index (χ1v) is 6.35. The molecule has 88 valence electrons. The van der Waals surface area contributed by atoms with Crippen molar-refractivity contribution < 1.29 is 0 Å². The minimum absolute atomic E-state index is 0.134. The lowest BCUT2D eigenvalue weighted by Crippen LogP contribution is -2.29. The Bertz CT molecular complexity index is 471. The number of halogens is 1. The van der Waals surface area contributed by atoms with E-state index in [2.05, 4.69) is 39.6 Å². The Labute approximate surface area is 110 Å². The van der Waals surface area contributed by atoms with Crippen LogP contribution >= 0.6 is 15.9 Å². The summed E-state index contributed by atoms with van der Waals surface area (Å²) in [5.41, 5.74) is 5.32. The largest absolute Gasteiger partial charge is 0.271 e. The average molecular weight is 291 g/mol. The zero-order chi connectivity index (χ0) is 12.1. The van der Waals surface area contributed by atoms with Crippen LogP contribution in [0.15, 0.2) is 59.1 Å². The molecule has 2 aromatic rings. The van der Waals surface area contributed by atoms with E-state index in [-0.39, 0.29) is 6.04 Å². The van der Waals surface area contributed by atoms with Gasteiger partial charge in [0.15, 0.2) is 0 Å². The molecule has 0 aliphatic heterocycles. The van der Waals surface area contributed by atoms with Gasteiger partial charge in [-0.15, -0.1) is 0 Å². The van der Waals surface area contributed by atoms with Gasteiger partial charge in [-0.2, -0.15) is 0 Å². The predicted molar refractivity (Wildman–Crippen MR) is 74.4 cm³/mol. The summed E-state index contributed by atoms with van der Waals surface area (Å²) in [5, 5.41) is 0. The van der Waals surface area contributed by atoms with E-state index in [1.807, 2.05) is 36.4 Å². The summed E-state index contributed by atoms with van der Waals surface area (Å²) < 4.78 is 1.12. The highest BCUT2D eigenvalue weighted by molar-refractivity contribution is 9.10. The maximum absolute atomic E-state index is 5.64. The number of hydrogen-bond acceptors (Lipinski definition) is 2. The minimum atomic E-state index is 0.134. The molecule has 0 fully saturated rings. The lowest BCUT2D eigenvalue weighted by atomic mass is 9.99. The molecule has 1 unspecified atom stereocenters. The van der Waals surface area contributed by atoms with Crippen molar-refractivity contribution in [3.8, 4) is 0 Å². The molecule has 0 bridgehead atoms. The van der Waals surface area contributed by atoms with E-state index in [1.165, 1.54) is 11.1 Å². The van der Waals surface area contributed by atoms with Crippen molar-refractivity contribution >= 4 is 15.9 Å². The van der Waals surface area contributed by atoms with E-state index in [0.717, 1.165) is 10.9 Å². The first-order chi connectivity index (χ1) is 8.31. The van der Waals surface area contributed by atoms with Gasteiger partial charge in [0, 0.05) is 4.47 Å². The third-order valence-corrected chi connectivity index (χ3v) is 3.56. The van der Waals surface area contributed by atoms with Gasteiger partial charge in [-0.25, -0.2) is 0 Å². The van der Waals surface area contributed by atoms with Gasteiger partial charge in [-0.3, -0.25) is 11.3 Å². The number of benzene rings is 2. The Morgan fingerprint density at radius 1 is 1.00 bits per heavy atom. The van der Waals surface area contributed by atoms with Gasteiger partial charge in [0.2, 0.25) is 0 Å². The highest BCUT2D eigenvalue weighted by Crippen LogP contribution is 2.23. The molecule has 3 heteroatoms. The van der Waals surface area contributed by atoms with Gasteiger partial charge in [-0.05, 0) is 23.6 Å². The van der Waals surface area contributed by atoms with Crippen LogP contribution in [-0.4, -0.2) is 0 Å². The molecule has 0 amide bonds. The monoisotopic (exact) mass is 290 g/mol. The molecular weight excluding hydrogens is 276 g/mol. The number of nitrogens with one attached hydrogen (secondary N) is 1. The maximum atomic E-state index is 5.64. The van der Waals surface area contributed by atoms with E-state index >= 15 is 0 Å². The van der Waals surface area contributed by atoms with Crippen LogP contribution in [0.1, 0.15) is 17.2 Å². The Kier molecular flexibility index (Phi) is 4.31. The van der Waals surface area contributed by atoms with Crippen molar-refractivity contribution in [1.29, 1.82) is 0 Å². The van der Waals surface area contributed by atoms with Crippen molar-refractivity contribution in [2.45, 2.75) is 12.5 Å². The summed E-state index contributed by atoms with van der Waals surface area (Å²) in [7, 11) is 0. The Hall–Kier alpha value is -1.16. The average Bonchev–Trinajstić information content (AvgIpc) is 2.39. The lowest BCUT2D eigenvalue weighted by Gasteiger charge is -2.17. The quantitative estimate of drug-likeness (QED) is 0.670. The summed E-state index contributed by atoms with van der Waals surface area (Å²) >= 11 is 3.56. The van der Waals surface area contributed by atoms with Gasteiger partial charge in [0.1, 0.15) is 0 Å². The topological polar surface area (TPSA) is 38.0 Å². The molecule has 2 rings (SSSR count). The van der Waals surface area contributed by atoms with Gasteiger partial charge in [0.25, 0.3) is 0 Å². The van der Waals surface area contributed by atoms with Crippen LogP contribution < -0.4 is 11.3 Å². The zero-order valence-corrected chi connectivity index (χ0v) is 11.0. The third kappa shape index (κ3) is 3.16. The van der Waals surface area contributed by atoms with E-state index in [1.54, 1.807) is 0 Å². The normalized spacial score (nSPS) is 12.4. The van der Waals surface area contributed by atoms with Crippen molar-refractivity contribution in [2.75, 3.05) is 0 Å². The first kappa shape index (κ1) is 12.3. The van der Waals surface area contributed by atoms with Gasteiger partial charge in [-0.1, -0.05) is 64.5 Å². The van der Waals surface area contributed by atoms with Crippen molar-refractivity contribution in [1.82, 2.24) is 5.43 Å². The summed E-state index contributed by atoms with van der Waals surface area (Å²) in [4.78, 5) is 0. The van der Waals surface area contributed by atoms with Crippen LogP contribution in [0.3, 0.4) is 0 Å². The fourth-order valence-corrected chi connectivity index (χ4v) is 2.29. The summed E-state index contributed by atoms with van der Waals surface area (Å²) in [6, 6.07) is 18.6. The predicted octanol–water partition coefficient (Wildman–Crippen LogP) is 3.20. The molecule has 17 heavy (non-hydrogen) atoms. The molecule has 2 nitrogen and oxygen atoms in total. The van der Waals surface area contributed by atoms with Crippen molar-refractivity contribution in [3.63, 3.8) is 0 Å². The SMILES string of the molecule is NNC(Cc1ccccc1Br)c1ccccc1. The standard InChI is InChI=1S/C14H15BrN2/c15-13-9-5-4-8-12(13)10-14(17-16)11-6-2-1-3-7-11/h1-9,14,17H,10,16H2. The van der Waals surface area contributed by atoms with Crippen LogP contribution in [0.25, 0.3) is 0 Å².